The zero-order valence-electron chi connectivity index (χ0n) is 17.6. The molecular weight excluding hydrogens is 466 g/mol. The molecule has 0 aliphatic rings. The number of carbonyl (C=O) groups is 2. The number of furan rings is 1. The van der Waals surface area contributed by atoms with Crippen molar-refractivity contribution in [3.63, 3.8) is 0 Å². The summed E-state index contributed by atoms with van der Waals surface area (Å²) in [6.07, 6.45) is 0. The van der Waals surface area contributed by atoms with Gasteiger partial charge in [-0.2, -0.15) is 5.10 Å². The van der Waals surface area contributed by atoms with Crippen molar-refractivity contribution in [1.29, 1.82) is 0 Å². The van der Waals surface area contributed by atoms with E-state index in [1.54, 1.807) is 48.7 Å². The number of aromatic nitrogens is 3. The summed E-state index contributed by atoms with van der Waals surface area (Å²) < 4.78 is 7.17. The normalized spacial score (nSPS) is 10.8. The largest absolute Gasteiger partial charge is 0.458 e. The van der Waals surface area contributed by atoms with Gasteiger partial charge in [0.05, 0.1) is 12.2 Å². The standard InChI is InChI=1S/C22H18ClN5O4S/c1-12-9-18(30)20(27-28(12)15-5-3-14(23)4-6-15)21(31)26-22-25-17(11-33-22)19-8-7-16(32-19)10-24-13(2)29/h3-9,11H,10H2,1-2H3,(H,24,29)(H,25,26,31). The number of thiazole rings is 1. The molecule has 0 saturated heterocycles. The first-order chi connectivity index (χ1) is 15.8. The van der Waals surface area contributed by atoms with Crippen LogP contribution in [0, 0.1) is 6.92 Å². The Morgan fingerprint density at radius 1 is 1.18 bits per heavy atom. The Labute approximate surface area is 197 Å². The fourth-order valence-corrected chi connectivity index (χ4v) is 3.79. The predicted octanol–water partition coefficient (Wildman–Crippen LogP) is 3.80. The summed E-state index contributed by atoms with van der Waals surface area (Å²) in [5.74, 6) is 0.233. The Hall–Kier alpha value is -3.76. The summed E-state index contributed by atoms with van der Waals surface area (Å²) in [4.78, 5) is 40.6. The van der Waals surface area contributed by atoms with Gasteiger partial charge in [-0.1, -0.05) is 11.6 Å². The molecule has 3 heterocycles. The van der Waals surface area contributed by atoms with Gasteiger partial charge in [0.2, 0.25) is 11.3 Å². The van der Waals surface area contributed by atoms with Crippen LogP contribution in [0.2, 0.25) is 5.02 Å². The van der Waals surface area contributed by atoms with E-state index in [1.165, 1.54) is 29.0 Å². The Bertz CT molecular complexity index is 1390. The zero-order valence-corrected chi connectivity index (χ0v) is 19.2. The van der Waals surface area contributed by atoms with Gasteiger partial charge in [-0.3, -0.25) is 19.7 Å². The second-order valence-electron chi connectivity index (χ2n) is 7.05. The topological polar surface area (TPSA) is 119 Å². The Morgan fingerprint density at radius 3 is 2.67 bits per heavy atom. The summed E-state index contributed by atoms with van der Waals surface area (Å²) >= 11 is 7.12. The Balaban J connectivity index is 1.53. The van der Waals surface area contributed by atoms with Crippen LogP contribution >= 0.6 is 22.9 Å². The van der Waals surface area contributed by atoms with Crippen LogP contribution in [0.25, 0.3) is 17.1 Å². The molecular formula is C22H18ClN5O4S. The molecule has 0 aliphatic heterocycles. The van der Waals surface area contributed by atoms with E-state index in [4.69, 9.17) is 16.0 Å². The fraction of sp³-hybridized carbons (Fsp3) is 0.136. The van der Waals surface area contributed by atoms with E-state index < -0.39 is 11.3 Å². The summed E-state index contributed by atoms with van der Waals surface area (Å²) in [5, 5.41) is 12.1. The third-order valence-electron chi connectivity index (χ3n) is 4.54. The van der Waals surface area contributed by atoms with Gasteiger partial charge in [-0.05, 0) is 43.3 Å². The van der Waals surface area contributed by atoms with Crippen molar-refractivity contribution in [3.8, 4) is 17.1 Å². The lowest BCUT2D eigenvalue weighted by Crippen LogP contribution is -2.26. The molecule has 3 aromatic heterocycles. The number of hydrogen-bond donors (Lipinski definition) is 2. The van der Waals surface area contributed by atoms with Crippen LogP contribution in [-0.4, -0.2) is 26.6 Å². The monoisotopic (exact) mass is 483 g/mol. The van der Waals surface area contributed by atoms with Gasteiger partial charge in [-0.15, -0.1) is 11.3 Å². The van der Waals surface area contributed by atoms with Crippen LogP contribution in [0.1, 0.15) is 28.9 Å². The van der Waals surface area contributed by atoms with Crippen molar-refractivity contribution in [2.45, 2.75) is 20.4 Å². The van der Waals surface area contributed by atoms with Gasteiger partial charge < -0.3 is 9.73 Å². The van der Waals surface area contributed by atoms with Crippen molar-refractivity contribution in [1.82, 2.24) is 20.1 Å². The van der Waals surface area contributed by atoms with E-state index in [-0.39, 0.29) is 23.3 Å². The number of aryl methyl sites for hydroxylation is 1. The molecule has 0 spiro atoms. The number of carbonyl (C=O) groups excluding carboxylic acids is 2. The SMILES string of the molecule is CC(=O)NCc1ccc(-c2csc(NC(=O)c3nn(-c4ccc(Cl)cc4)c(C)cc3=O)n2)o1. The summed E-state index contributed by atoms with van der Waals surface area (Å²) in [7, 11) is 0. The lowest BCUT2D eigenvalue weighted by molar-refractivity contribution is -0.119. The van der Waals surface area contributed by atoms with Gasteiger partial charge in [0.1, 0.15) is 11.5 Å². The zero-order chi connectivity index (χ0) is 23.5. The number of amides is 2. The number of anilines is 1. The average molecular weight is 484 g/mol. The van der Waals surface area contributed by atoms with Crippen LogP contribution in [0.5, 0.6) is 0 Å². The van der Waals surface area contributed by atoms with E-state index in [0.717, 1.165) is 0 Å². The number of halogens is 1. The number of benzene rings is 1. The molecule has 0 atom stereocenters. The highest BCUT2D eigenvalue weighted by atomic mass is 35.5. The maximum atomic E-state index is 12.8. The first-order valence-electron chi connectivity index (χ1n) is 9.77. The molecule has 0 fully saturated rings. The molecule has 0 bridgehead atoms. The Morgan fingerprint density at radius 2 is 1.94 bits per heavy atom. The molecule has 2 amide bonds. The maximum Gasteiger partial charge on any atom is 0.281 e. The van der Waals surface area contributed by atoms with E-state index in [2.05, 4.69) is 20.7 Å². The second-order valence-corrected chi connectivity index (χ2v) is 8.35. The first kappa shape index (κ1) is 22.4. The van der Waals surface area contributed by atoms with E-state index in [9.17, 15) is 14.4 Å². The second kappa shape index (κ2) is 9.39. The average Bonchev–Trinajstić information content (AvgIpc) is 3.42. The van der Waals surface area contributed by atoms with E-state index >= 15 is 0 Å². The van der Waals surface area contributed by atoms with Crippen molar-refractivity contribution in [2.75, 3.05) is 5.32 Å². The van der Waals surface area contributed by atoms with Crippen LogP contribution in [0.15, 0.2) is 57.1 Å². The molecule has 0 aliphatic carbocycles. The highest BCUT2D eigenvalue weighted by molar-refractivity contribution is 7.14. The summed E-state index contributed by atoms with van der Waals surface area (Å²) in [6.45, 7) is 3.41. The predicted molar refractivity (Wildman–Crippen MR) is 125 cm³/mol. The number of nitrogens with zero attached hydrogens (tertiary/aromatic N) is 3. The minimum Gasteiger partial charge on any atom is -0.458 e. The molecule has 0 saturated carbocycles. The molecule has 4 rings (SSSR count). The highest BCUT2D eigenvalue weighted by Gasteiger charge is 2.18. The quantitative estimate of drug-likeness (QED) is 0.430. The van der Waals surface area contributed by atoms with Crippen molar-refractivity contribution < 1.29 is 14.0 Å². The van der Waals surface area contributed by atoms with Gasteiger partial charge in [-0.25, -0.2) is 9.67 Å². The lowest BCUT2D eigenvalue weighted by Gasteiger charge is -2.11. The molecule has 11 heteroatoms. The molecule has 168 valence electrons. The van der Waals surface area contributed by atoms with Crippen molar-refractivity contribution >= 4 is 39.9 Å². The van der Waals surface area contributed by atoms with Gasteiger partial charge in [0.25, 0.3) is 5.91 Å². The van der Waals surface area contributed by atoms with Crippen LogP contribution in [0.4, 0.5) is 5.13 Å². The fourth-order valence-electron chi connectivity index (χ4n) is 2.97. The smallest absolute Gasteiger partial charge is 0.281 e. The third kappa shape index (κ3) is 5.18. The highest BCUT2D eigenvalue weighted by Crippen LogP contribution is 2.26. The first-order valence-corrected chi connectivity index (χ1v) is 11.0. The maximum absolute atomic E-state index is 12.8. The molecule has 9 nitrogen and oxygen atoms in total. The van der Waals surface area contributed by atoms with Gasteiger partial charge >= 0.3 is 0 Å². The van der Waals surface area contributed by atoms with E-state index in [0.29, 0.717) is 33.6 Å². The number of hydrogen-bond acceptors (Lipinski definition) is 7. The molecule has 2 N–H and O–H groups in total. The number of nitrogens with one attached hydrogen (secondary N) is 2. The van der Waals surface area contributed by atoms with Crippen molar-refractivity contribution in [3.05, 3.63) is 80.2 Å². The van der Waals surface area contributed by atoms with E-state index in [1.807, 2.05) is 0 Å². The van der Waals surface area contributed by atoms with Crippen LogP contribution < -0.4 is 16.1 Å². The van der Waals surface area contributed by atoms with Crippen LogP contribution in [-0.2, 0) is 11.3 Å². The third-order valence-corrected chi connectivity index (χ3v) is 5.55. The minimum absolute atomic E-state index is 0.161. The molecule has 0 radical (unpaired) electrons. The molecule has 4 aromatic rings. The van der Waals surface area contributed by atoms with Gasteiger partial charge in [0.15, 0.2) is 16.6 Å². The van der Waals surface area contributed by atoms with Crippen LogP contribution in [0.3, 0.4) is 0 Å². The minimum atomic E-state index is -0.672. The number of rotatable bonds is 6. The molecule has 33 heavy (non-hydrogen) atoms. The Kier molecular flexibility index (Phi) is 6.38. The molecule has 1 aromatic carbocycles. The lowest BCUT2D eigenvalue weighted by atomic mass is 10.2. The summed E-state index contributed by atoms with van der Waals surface area (Å²) in [5.41, 5.74) is 0.988. The van der Waals surface area contributed by atoms with Gasteiger partial charge in [0, 0.05) is 29.1 Å². The molecule has 0 unspecified atom stereocenters. The summed E-state index contributed by atoms with van der Waals surface area (Å²) in [6, 6.07) is 11.7. The van der Waals surface area contributed by atoms with Crippen molar-refractivity contribution in [2.24, 2.45) is 0 Å².